The van der Waals surface area contributed by atoms with Crippen molar-refractivity contribution in [1.29, 1.82) is 0 Å². The Morgan fingerprint density at radius 2 is 1.51 bits per heavy atom. The number of ether oxygens (including phenoxy) is 1. The molecule has 0 saturated carbocycles. The number of aromatic nitrogens is 1. The molecule has 0 bridgehead atoms. The second-order valence-electron chi connectivity index (χ2n) is 8.93. The van der Waals surface area contributed by atoms with Gasteiger partial charge in [0.1, 0.15) is 0 Å². The third-order valence-corrected chi connectivity index (χ3v) is 6.95. The summed E-state index contributed by atoms with van der Waals surface area (Å²) in [5.74, 6) is 0. The molecule has 0 fully saturated rings. The van der Waals surface area contributed by atoms with E-state index in [2.05, 4.69) is 36.5 Å². The van der Waals surface area contributed by atoms with Gasteiger partial charge in [0.25, 0.3) is 6.08 Å². The Kier molecular flexibility index (Phi) is 21.3. The molecule has 2 aromatic carbocycles. The van der Waals surface area contributed by atoms with E-state index < -0.39 is 25.5 Å². The molecule has 47 heavy (non-hydrogen) atoms. The van der Waals surface area contributed by atoms with Crippen molar-refractivity contribution in [1.82, 2.24) is 4.90 Å². The van der Waals surface area contributed by atoms with Crippen molar-refractivity contribution in [2.75, 3.05) is 33.1 Å². The molecule has 1 heterocycles. The van der Waals surface area contributed by atoms with Gasteiger partial charge in [0.2, 0.25) is 0 Å². The molecule has 3 aromatic rings. The summed E-state index contributed by atoms with van der Waals surface area (Å²) < 4.78 is 56.1. The Bertz CT molecular complexity index is 1700. The molecule has 0 amide bonds. The number of isocyanates is 1. The minimum absolute atomic E-state index is 0.0388. The molecule has 17 heteroatoms. The first-order valence-corrected chi connectivity index (χ1v) is 17.5. The first-order valence-electron chi connectivity index (χ1n) is 13.1. The third kappa shape index (κ3) is 20.6. The Balaban J connectivity index is 0.000000720. The summed E-state index contributed by atoms with van der Waals surface area (Å²) in [6, 6.07) is 21.7. The predicted octanol–water partition coefficient (Wildman–Crippen LogP) is 1.82. The first kappa shape index (κ1) is 42.9. The monoisotopic (exact) mass is 743 g/mol. The standard InChI is InChI=1S/C15H17N3O4S.C7H10N.C7H8O.CClNO3S.V/c1-17(2)14-8-10-18(11-9-14)23(20,21)16-15(19)22-12-13-6-4-3-5-7-13;1-5-7(6-2)8(3)4;8-6-7-4-2-1-3-5-7;2-7(5,6)3-1-4;/h3-11H,12H2,1-2H3;1-2,5-6H,3-4H3;1-5,8H,6H2;;/q;-1;;;. The second-order valence-corrected chi connectivity index (χ2v) is 13.1. The SMILES string of the molecule is CN(C)c1cc[n+](S(=O)(=O)N=C([O-])OCc2ccccc2)cc1.O=C=NS(=O)(=O)Cl.OCc1ccccc1.[CH-]=CC(=C[CH]=[V])N(C)C. The van der Waals surface area contributed by atoms with Crippen LogP contribution in [-0.2, 0) is 59.2 Å². The summed E-state index contributed by atoms with van der Waals surface area (Å²) in [5, 5.41) is 20.1. The molecule has 253 valence electrons. The number of aliphatic hydroxyl groups excluding tert-OH is 1. The fraction of sp³-hybridized carbons (Fsp3) is 0.200. The average molecular weight is 744 g/mol. The maximum atomic E-state index is 12.0. The van der Waals surface area contributed by atoms with E-state index >= 15 is 0 Å². The van der Waals surface area contributed by atoms with Crippen molar-refractivity contribution >= 4 is 52.7 Å². The van der Waals surface area contributed by atoms with E-state index in [4.69, 9.17) is 21.2 Å². The number of aliphatic hydroxyl groups is 1. The number of halogens is 1. The summed E-state index contributed by atoms with van der Waals surface area (Å²) in [6.45, 7) is 5.40. The van der Waals surface area contributed by atoms with Gasteiger partial charge in [-0.25, -0.2) is 4.79 Å². The summed E-state index contributed by atoms with van der Waals surface area (Å²) in [6.07, 6.45) is 5.75. The van der Waals surface area contributed by atoms with Gasteiger partial charge in [-0.15, -0.1) is 8.42 Å². The maximum absolute atomic E-state index is 12.0. The van der Waals surface area contributed by atoms with Crippen LogP contribution in [0.3, 0.4) is 0 Å². The van der Waals surface area contributed by atoms with Gasteiger partial charge in [-0.1, -0.05) is 73.4 Å². The molecule has 0 saturated heterocycles. The van der Waals surface area contributed by atoms with Crippen LogP contribution < -0.4 is 14.0 Å². The van der Waals surface area contributed by atoms with E-state index in [1.54, 1.807) is 42.5 Å². The molecule has 0 aliphatic carbocycles. The Morgan fingerprint density at radius 1 is 1.00 bits per heavy atom. The van der Waals surface area contributed by atoms with Gasteiger partial charge in [0, 0.05) is 49.2 Å². The van der Waals surface area contributed by atoms with Gasteiger partial charge in [0.05, 0.1) is 6.61 Å². The topological polar surface area (TPSA) is 173 Å². The van der Waals surface area contributed by atoms with Crippen LogP contribution in [0.2, 0.25) is 0 Å². The summed E-state index contributed by atoms with van der Waals surface area (Å²) in [5.41, 5.74) is 3.54. The number of rotatable bonds is 10. The summed E-state index contributed by atoms with van der Waals surface area (Å²) >= 11 is 2.36. The molecule has 0 aliphatic heterocycles. The number of likely N-dealkylation sites (N-methyl/N-ethyl adjacent to an activating group) is 1. The van der Waals surface area contributed by atoms with Crippen molar-refractivity contribution < 1.29 is 57.5 Å². The van der Waals surface area contributed by atoms with E-state index in [0.29, 0.717) is 0 Å². The molecule has 1 N–H and O–H groups in total. The van der Waals surface area contributed by atoms with Gasteiger partial charge in [-0.2, -0.15) is 8.42 Å². The second kappa shape index (κ2) is 23.3. The molecule has 0 unspecified atom stereocenters. The number of anilines is 1. The van der Waals surface area contributed by atoms with Crippen LogP contribution >= 0.6 is 10.7 Å². The predicted molar refractivity (Wildman–Crippen MR) is 176 cm³/mol. The van der Waals surface area contributed by atoms with Crippen LogP contribution in [0, 0.1) is 6.58 Å². The number of pyridine rings is 1. The molecule has 0 atom stereocenters. The van der Waals surface area contributed by atoms with Gasteiger partial charge >= 0.3 is 84.6 Å². The number of allylic oxidation sites excluding steroid dienone is 2. The van der Waals surface area contributed by atoms with Crippen LogP contribution in [0.5, 0.6) is 0 Å². The average Bonchev–Trinajstić information content (AvgIpc) is 3.03. The zero-order valence-electron chi connectivity index (χ0n) is 26.0. The Hall–Kier alpha value is -4.08. The van der Waals surface area contributed by atoms with E-state index in [0.717, 1.165) is 32.6 Å². The number of carbonyl (C=O) groups excluding carboxylic acids is 1. The van der Waals surface area contributed by atoms with E-state index in [-0.39, 0.29) is 13.2 Å². The first-order chi connectivity index (χ1) is 22.1. The fourth-order valence-electron chi connectivity index (χ4n) is 2.80. The van der Waals surface area contributed by atoms with Crippen molar-refractivity contribution in [3.8, 4) is 0 Å². The molecular weight excluding hydrogens is 709 g/mol. The number of hydrogen-bond donors (Lipinski definition) is 1. The summed E-state index contributed by atoms with van der Waals surface area (Å²) in [7, 11) is 3.78. The minimum atomic E-state index is -4.16. The van der Waals surface area contributed by atoms with Crippen molar-refractivity contribution in [2.24, 2.45) is 8.80 Å². The van der Waals surface area contributed by atoms with Gasteiger partial charge in [-0.3, -0.25) is 0 Å². The molecule has 0 spiro atoms. The van der Waals surface area contributed by atoms with E-state index in [1.165, 1.54) is 12.4 Å². The normalized spacial score (nSPS) is 10.9. The van der Waals surface area contributed by atoms with Crippen LogP contribution in [0.4, 0.5) is 5.69 Å². The summed E-state index contributed by atoms with van der Waals surface area (Å²) in [4.78, 5) is 12.8. The van der Waals surface area contributed by atoms with Gasteiger partial charge in [-0.05, 0) is 11.1 Å². The van der Waals surface area contributed by atoms with Gasteiger partial charge < -0.3 is 19.8 Å². The third-order valence-electron chi connectivity index (χ3n) is 5.07. The molecule has 1 aromatic heterocycles. The van der Waals surface area contributed by atoms with Crippen LogP contribution in [-0.4, -0.2) is 71.9 Å². The number of benzene rings is 2. The van der Waals surface area contributed by atoms with Crippen molar-refractivity contribution in [3.63, 3.8) is 0 Å². The molecular formula is C30H35ClN5O8S2V-. The molecule has 13 nitrogen and oxygen atoms in total. The number of nitrogens with zero attached hydrogens (tertiary/aromatic N) is 5. The molecule has 0 radical (unpaired) electrons. The molecule has 0 aliphatic rings. The van der Waals surface area contributed by atoms with Crippen LogP contribution in [0.15, 0.2) is 112 Å². The fourth-order valence-corrected chi connectivity index (χ4v) is 3.98. The number of hydrogen-bond acceptors (Lipinski definition) is 10. The van der Waals surface area contributed by atoms with E-state index in [9.17, 15) is 21.9 Å². The zero-order valence-corrected chi connectivity index (χ0v) is 29.8. The molecule has 3 rings (SSSR count). The Labute approximate surface area is 289 Å². The van der Waals surface area contributed by atoms with Gasteiger partial charge in [0.15, 0.2) is 18.5 Å². The van der Waals surface area contributed by atoms with Crippen molar-refractivity contribution in [3.05, 3.63) is 121 Å². The van der Waals surface area contributed by atoms with Crippen LogP contribution in [0.1, 0.15) is 11.1 Å². The van der Waals surface area contributed by atoms with E-state index in [1.807, 2.05) is 85.2 Å². The Morgan fingerprint density at radius 3 is 1.83 bits per heavy atom. The van der Waals surface area contributed by atoms with Crippen LogP contribution in [0.25, 0.3) is 0 Å². The zero-order chi connectivity index (χ0) is 35.9. The van der Waals surface area contributed by atoms with Crippen molar-refractivity contribution in [2.45, 2.75) is 13.2 Å². The quantitative estimate of drug-likeness (QED) is 0.0614.